The van der Waals surface area contributed by atoms with Gasteiger partial charge in [0.05, 0.1) is 0 Å². The van der Waals surface area contributed by atoms with Gasteiger partial charge in [-0.2, -0.15) is 0 Å². The van der Waals surface area contributed by atoms with Crippen molar-refractivity contribution in [3.05, 3.63) is 46.8 Å². The van der Waals surface area contributed by atoms with Crippen LogP contribution in [0.3, 0.4) is 0 Å². The number of para-hydroxylation sites is 1. The molecule has 0 saturated heterocycles. The van der Waals surface area contributed by atoms with Gasteiger partial charge in [0.1, 0.15) is 5.69 Å². The van der Waals surface area contributed by atoms with E-state index < -0.39 is 0 Å². The Labute approximate surface area is 143 Å². The number of benzene rings is 1. The minimum Gasteiger partial charge on any atom is -0.350 e. The van der Waals surface area contributed by atoms with Crippen LogP contribution in [-0.4, -0.2) is 22.4 Å². The van der Waals surface area contributed by atoms with Gasteiger partial charge < -0.3 is 10.6 Å². The Morgan fingerprint density at radius 3 is 2.62 bits per heavy atom. The molecule has 2 aromatic rings. The summed E-state index contributed by atoms with van der Waals surface area (Å²) in [6.45, 7) is 10.8. The molecule has 0 atom stereocenters. The summed E-state index contributed by atoms with van der Waals surface area (Å²) in [5.74, 6) is 0.681. The summed E-state index contributed by atoms with van der Waals surface area (Å²) in [6, 6.07) is 7.88. The van der Waals surface area contributed by atoms with Gasteiger partial charge >= 0.3 is 0 Å². The zero-order valence-corrected chi connectivity index (χ0v) is 15.1. The summed E-state index contributed by atoms with van der Waals surface area (Å²) >= 11 is 0. The Bertz CT molecular complexity index is 725. The molecular formula is C19H26N4O. The van der Waals surface area contributed by atoms with Gasteiger partial charge in [-0.15, -0.1) is 0 Å². The molecule has 0 radical (unpaired) electrons. The highest BCUT2D eigenvalue weighted by atomic mass is 16.1. The van der Waals surface area contributed by atoms with E-state index in [0.29, 0.717) is 24.1 Å². The van der Waals surface area contributed by atoms with Crippen LogP contribution in [-0.2, 0) is 6.42 Å². The van der Waals surface area contributed by atoms with Gasteiger partial charge in [-0.1, -0.05) is 39.0 Å². The van der Waals surface area contributed by atoms with Crippen LogP contribution >= 0.6 is 0 Å². The van der Waals surface area contributed by atoms with E-state index in [9.17, 15) is 4.79 Å². The summed E-state index contributed by atoms with van der Waals surface area (Å²) in [5, 5.41) is 6.18. The van der Waals surface area contributed by atoms with Crippen molar-refractivity contribution in [2.45, 2.75) is 41.0 Å². The molecule has 2 N–H and O–H groups in total. The maximum atomic E-state index is 12.3. The molecular weight excluding hydrogens is 300 g/mol. The number of aromatic nitrogens is 2. The number of carbonyl (C=O) groups is 1. The third-order valence-corrected chi connectivity index (χ3v) is 3.73. The lowest BCUT2D eigenvalue weighted by Gasteiger charge is -2.14. The van der Waals surface area contributed by atoms with E-state index in [1.165, 1.54) is 5.56 Å². The number of aryl methyl sites for hydroxylation is 3. The predicted octanol–water partition coefficient (Wildman–Crippen LogP) is 3.79. The third-order valence-electron chi connectivity index (χ3n) is 3.73. The van der Waals surface area contributed by atoms with Crippen LogP contribution in [0.5, 0.6) is 0 Å². The average molecular weight is 326 g/mol. The maximum absolute atomic E-state index is 12.3. The van der Waals surface area contributed by atoms with Crippen LogP contribution in [0, 0.1) is 19.8 Å². The number of hydrogen-bond donors (Lipinski definition) is 2. The van der Waals surface area contributed by atoms with E-state index >= 15 is 0 Å². The fraction of sp³-hybridized carbons (Fsp3) is 0.421. The minimum absolute atomic E-state index is 0.169. The van der Waals surface area contributed by atoms with Crippen molar-refractivity contribution in [3.63, 3.8) is 0 Å². The number of nitrogens with one attached hydrogen (secondary N) is 2. The topological polar surface area (TPSA) is 66.9 Å². The van der Waals surface area contributed by atoms with Crippen LogP contribution in [0.15, 0.2) is 24.3 Å². The molecule has 0 saturated carbocycles. The summed E-state index contributed by atoms with van der Waals surface area (Å²) in [4.78, 5) is 21.1. The van der Waals surface area contributed by atoms with Crippen LogP contribution in [0.25, 0.3) is 0 Å². The molecule has 0 aliphatic heterocycles. The Hall–Kier alpha value is -2.43. The number of amides is 1. The largest absolute Gasteiger partial charge is 0.350 e. The molecule has 1 aromatic heterocycles. The molecule has 0 fully saturated rings. The molecule has 2 rings (SSSR count). The molecule has 1 heterocycles. The molecule has 128 valence electrons. The summed E-state index contributed by atoms with van der Waals surface area (Å²) in [6.07, 6.45) is 0.914. The van der Waals surface area contributed by atoms with Crippen molar-refractivity contribution >= 4 is 17.5 Å². The Balaban J connectivity index is 2.28. The molecule has 0 unspecified atom stereocenters. The molecule has 5 heteroatoms. The second-order valence-corrected chi connectivity index (χ2v) is 6.41. The first-order chi connectivity index (χ1) is 11.4. The quantitative estimate of drug-likeness (QED) is 0.847. The van der Waals surface area contributed by atoms with Crippen molar-refractivity contribution in [1.82, 2.24) is 15.3 Å². The van der Waals surface area contributed by atoms with E-state index in [0.717, 1.165) is 23.4 Å². The lowest BCUT2D eigenvalue weighted by Crippen LogP contribution is -2.28. The highest BCUT2D eigenvalue weighted by Gasteiger charge is 2.12. The summed E-state index contributed by atoms with van der Waals surface area (Å²) in [5.41, 5.74) is 4.49. The number of nitrogens with zero attached hydrogens (tertiary/aromatic N) is 2. The Morgan fingerprint density at radius 2 is 1.96 bits per heavy atom. The fourth-order valence-electron chi connectivity index (χ4n) is 2.44. The fourth-order valence-corrected chi connectivity index (χ4v) is 2.44. The third kappa shape index (κ3) is 4.54. The highest BCUT2D eigenvalue weighted by Crippen LogP contribution is 2.24. The first-order valence-corrected chi connectivity index (χ1v) is 8.40. The van der Waals surface area contributed by atoms with Gasteiger partial charge in [0.15, 0.2) is 0 Å². The molecule has 0 spiro atoms. The predicted molar refractivity (Wildman–Crippen MR) is 97.8 cm³/mol. The first-order valence-electron chi connectivity index (χ1n) is 8.40. The maximum Gasteiger partial charge on any atom is 0.270 e. The monoisotopic (exact) mass is 326 g/mol. The van der Waals surface area contributed by atoms with Crippen molar-refractivity contribution in [3.8, 4) is 0 Å². The van der Waals surface area contributed by atoms with E-state index in [1.54, 1.807) is 6.07 Å². The van der Waals surface area contributed by atoms with Crippen molar-refractivity contribution in [2.75, 3.05) is 11.9 Å². The number of hydrogen-bond acceptors (Lipinski definition) is 4. The molecule has 5 nitrogen and oxygen atoms in total. The molecule has 1 aromatic carbocycles. The Kier molecular flexibility index (Phi) is 5.90. The number of anilines is 2. The highest BCUT2D eigenvalue weighted by molar-refractivity contribution is 5.92. The smallest absolute Gasteiger partial charge is 0.270 e. The molecule has 1 amide bonds. The second kappa shape index (κ2) is 7.90. The number of carbonyl (C=O) groups excluding carboxylic acids is 1. The summed E-state index contributed by atoms with van der Waals surface area (Å²) in [7, 11) is 0. The van der Waals surface area contributed by atoms with Gasteiger partial charge in [0, 0.05) is 17.9 Å². The normalized spacial score (nSPS) is 10.8. The van der Waals surface area contributed by atoms with Gasteiger partial charge in [-0.3, -0.25) is 4.79 Å². The zero-order chi connectivity index (χ0) is 17.7. The standard InChI is InChI=1S/C19H26N4O/c1-6-15-9-7-8-13(4)17(15)23-19-21-14(5)10-16(22-19)18(24)20-11-12(2)3/h7-10,12H,6,11H2,1-5H3,(H,20,24)(H,21,22,23). The summed E-state index contributed by atoms with van der Waals surface area (Å²) < 4.78 is 0. The van der Waals surface area contributed by atoms with Crippen molar-refractivity contribution in [1.29, 1.82) is 0 Å². The van der Waals surface area contributed by atoms with Gasteiger partial charge in [-0.05, 0) is 43.4 Å². The van der Waals surface area contributed by atoms with Crippen LogP contribution in [0.4, 0.5) is 11.6 Å². The first kappa shape index (κ1) is 17.9. The average Bonchev–Trinajstić information content (AvgIpc) is 2.54. The van der Waals surface area contributed by atoms with Gasteiger partial charge in [0.25, 0.3) is 5.91 Å². The molecule has 24 heavy (non-hydrogen) atoms. The van der Waals surface area contributed by atoms with E-state index in [2.05, 4.69) is 47.4 Å². The lowest BCUT2D eigenvalue weighted by molar-refractivity contribution is 0.0944. The van der Waals surface area contributed by atoms with Crippen LogP contribution in [0.2, 0.25) is 0 Å². The molecule has 0 bridgehead atoms. The van der Waals surface area contributed by atoms with E-state index in [1.807, 2.05) is 26.0 Å². The van der Waals surface area contributed by atoms with Crippen LogP contribution in [0.1, 0.15) is 48.1 Å². The van der Waals surface area contributed by atoms with Crippen LogP contribution < -0.4 is 10.6 Å². The zero-order valence-electron chi connectivity index (χ0n) is 15.1. The molecule has 0 aliphatic rings. The van der Waals surface area contributed by atoms with Crippen molar-refractivity contribution < 1.29 is 4.79 Å². The minimum atomic E-state index is -0.169. The molecule has 0 aliphatic carbocycles. The van der Waals surface area contributed by atoms with Gasteiger partial charge in [0.2, 0.25) is 5.95 Å². The SMILES string of the molecule is CCc1cccc(C)c1Nc1nc(C)cc(C(=O)NCC(C)C)n1. The second-order valence-electron chi connectivity index (χ2n) is 6.41. The van der Waals surface area contributed by atoms with E-state index in [-0.39, 0.29) is 5.91 Å². The van der Waals surface area contributed by atoms with E-state index in [4.69, 9.17) is 0 Å². The number of rotatable bonds is 6. The van der Waals surface area contributed by atoms with Gasteiger partial charge in [-0.25, -0.2) is 9.97 Å². The Morgan fingerprint density at radius 1 is 1.21 bits per heavy atom. The lowest BCUT2D eigenvalue weighted by atomic mass is 10.1. The van der Waals surface area contributed by atoms with Crippen molar-refractivity contribution in [2.24, 2.45) is 5.92 Å².